The van der Waals surface area contributed by atoms with Crippen molar-refractivity contribution in [1.82, 2.24) is 5.43 Å². The third kappa shape index (κ3) is 5.93. The van der Waals surface area contributed by atoms with Crippen molar-refractivity contribution in [2.24, 2.45) is 5.10 Å². The van der Waals surface area contributed by atoms with Gasteiger partial charge in [0.25, 0.3) is 5.91 Å². The Morgan fingerprint density at radius 3 is 2.55 bits per heavy atom. The van der Waals surface area contributed by atoms with Crippen molar-refractivity contribution in [2.75, 3.05) is 6.61 Å². The summed E-state index contributed by atoms with van der Waals surface area (Å²) >= 11 is 3.43. The fourth-order valence-electron chi connectivity index (χ4n) is 2.64. The van der Waals surface area contributed by atoms with Gasteiger partial charge < -0.3 is 9.47 Å². The molecule has 0 radical (unpaired) electrons. The number of nitrogens with zero attached hydrogens (tertiary/aromatic N) is 1. The molecule has 0 aliphatic rings. The van der Waals surface area contributed by atoms with Crippen molar-refractivity contribution in [2.45, 2.75) is 13.5 Å². The Kier molecular flexibility index (Phi) is 7.41. The van der Waals surface area contributed by atoms with E-state index < -0.39 is 0 Å². The zero-order valence-corrected chi connectivity index (χ0v) is 17.6. The highest BCUT2D eigenvalue weighted by molar-refractivity contribution is 9.10. The van der Waals surface area contributed by atoms with E-state index in [0.717, 1.165) is 15.6 Å². The summed E-state index contributed by atoms with van der Waals surface area (Å²) < 4.78 is 12.3. The third-order valence-corrected chi connectivity index (χ3v) is 4.50. The molecule has 29 heavy (non-hydrogen) atoms. The summed E-state index contributed by atoms with van der Waals surface area (Å²) in [6.45, 7) is 2.84. The van der Waals surface area contributed by atoms with Gasteiger partial charge in [0.05, 0.1) is 18.4 Å². The van der Waals surface area contributed by atoms with Gasteiger partial charge >= 0.3 is 0 Å². The molecule has 0 saturated carbocycles. The molecule has 0 aliphatic heterocycles. The Labute approximate surface area is 178 Å². The van der Waals surface area contributed by atoms with Gasteiger partial charge in [-0.25, -0.2) is 5.43 Å². The van der Waals surface area contributed by atoms with Crippen molar-refractivity contribution in [3.63, 3.8) is 0 Å². The van der Waals surface area contributed by atoms with Crippen LogP contribution in [0.5, 0.6) is 11.5 Å². The summed E-state index contributed by atoms with van der Waals surface area (Å²) in [5.74, 6) is 0.847. The lowest BCUT2D eigenvalue weighted by Crippen LogP contribution is -2.18. The average molecular weight is 453 g/mol. The largest absolute Gasteiger partial charge is 0.493 e. The number of amides is 1. The fourth-order valence-corrected chi connectivity index (χ4v) is 3.02. The monoisotopic (exact) mass is 452 g/mol. The molecule has 0 atom stereocenters. The summed E-state index contributed by atoms with van der Waals surface area (Å²) in [5.41, 5.74) is 4.76. The number of hydrogen-bond acceptors (Lipinski definition) is 4. The van der Waals surface area contributed by atoms with E-state index in [0.29, 0.717) is 30.3 Å². The van der Waals surface area contributed by atoms with Crippen LogP contribution in [0.15, 0.2) is 82.4 Å². The number of carbonyl (C=O) groups is 1. The molecule has 0 aliphatic carbocycles. The minimum absolute atomic E-state index is 0.349. The topological polar surface area (TPSA) is 59.9 Å². The van der Waals surface area contributed by atoms with Gasteiger partial charge in [-0.3, -0.25) is 4.79 Å². The molecule has 3 aromatic rings. The Bertz CT molecular complexity index is 990. The first-order valence-corrected chi connectivity index (χ1v) is 9.98. The standard InChI is InChI=1S/C23H21BrN2O3/c1-2-28-21-13-12-19(24)14-18(21)15-25-26-23(27)20-10-6-7-11-22(20)29-16-17-8-4-3-5-9-17/h3-15H,2,16H2,1H3,(H,26,27)/b25-15+. The molecule has 0 saturated heterocycles. The maximum absolute atomic E-state index is 12.6. The van der Waals surface area contributed by atoms with E-state index in [4.69, 9.17) is 9.47 Å². The molecule has 3 aromatic carbocycles. The molecule has 0 aromatic heterocycles. The average Bonchev–Trinajstić information content (AvgIpc) is 2.75. The lowest BCUT2D eigenvalue weighted by atomic mass is 10.2. The van der Waals surface area contributed by atoms with Crippen LogP contribution in [0.2, 0.25) is 0 Å². The zero-order valence-electron chi connectivity index (χ0n) is 16.0. The van der Waals surface area contributed by atoms with E-state index in [9.17, 15) is 4.79 Å². The lowest BCUT2D eigenvalue weighted by molar-refractivity contribution is 0.0950. The second kappa shape index (κ2) is 10.4. The quantitative estimate of drug-likeness (QED) is 0.377. The first kappa shape index (κ1) is 20.6. The normalized spacial score (nSPS) is 10.7. The lowest BCUT2D eigenvalue weighted by Gasteiger charge is -2.10. The second-order valence-electron chi connectivity index (χ2n) is 6.08. The van der Waals surface area contributed by atoms with Crippen LogP contribution in [0, 0.1) is 0 Å². The van der Waals surface area contributed by atoms with Crippen molar-refractivity contribution < 1.29 is 14.3 Å². The maximum Gasteiger partial charge on any atom is 0.275 e. The summed E-state index contributed by atoms with van der Waals surface area (Å²) in [4.78, 5) is 12.6. The summed E-state index contributed by atoms with van der Waals surface area (Å²) in [6, 6.07) is 22.5. The second-order valence-corrected chi connectivity index (χ2v) is 7.00. The molecule has 0 unspecified atom stereocenters. The smallest absolute Gasteiger partial charge is 0.275 e. The van der Waals surface area contributed by atoms with E-state index >= 15 is 0 Å². The first-order chi connectivity index (χ1) is 14.2. The highest BCUT2D eigenvalue weighted by Crippen LogP contribution is 2.22. The number of rotatable bonds is 8. The predicted molar refractivity (Wildman–Crippen MR) is 118 cm³/mol. The number of hydrogen-bond donors (Lipinski definition) is 1. The molecule has 5 nitrogen and oxygen atoms in total. The number of carbonyl (C=O) groups excluding carboxylic acids is 1. The van der Waals surface area contributed by atoms with Crippen LogP contribution < -0.4 is 14.9 Å². The van der Waals surface area contributed by atoms with Crippen molar-refractivity contribution in [1.29, 1.82) is 0 Å². The number of benzene rings is 3. The summed E-state index contributed by atoms with van der Waals surface area (Å²) in [7, 11) is 0. The molecule has 0 bridgehead atoms. The van der Waals surface area contributed by atoms with Crippen LogP contribution >= 0.6 is 15.9 Å². The van der Waals surface area contributed by atoms with E-state index in [-0.39, 0.29) is 5.91 Å². The molecule has 0 fully saturated rings. The van der Waals surface area contributed by atoms with Gasteiger partial charge in [-0.2, -0.15) is 5.10 Å². The molecule has 0 heterocycles. The zero-order chi connectivity index (χ0) is 20.5. The van der Waals surface area contributed by atoms with E-state index in [1.54, 1.807) is 24.4 Å². The Balaban J connectivity index is 1.68. The summed E-state index contributed by atoms with van der Waals surface area (Å²) in [5, 5.41) is 4.08. The minimum atomic E-state index is -0.349. The van der Waals surface area contributed by atoms with Crippen molar-refractivity contribution in [3.8, 4) is 11.5 Å². The van der Waals surface area contributed by atoms with E-state index in [1.807, 2.05) is 61.5 Å². The molecule has 0 spiro atoms. The molecular formula is C23H21BrN2O3. The van der Waals surface area contributed by atoms with Crippen LogP contribution in [-0.2, 0) is 6.61 Å². The number of halogens is 1. The highest BCUT2D eigenvalue weighted by atomic mass is 79.9. The van der Waals surface area contributed by atoms with Gasteiger partial charge in [0.2, 0.25) is 0 Å². The van der Waals surface area contributed by atoms with Crippen LogP contribution in [0.25, 0.3) is 0 Å². The maximum atomic E-state index is 12.6. The predicted octanol–water partition coefficient (Wildman–Crippen LogP) is 5.19. The molecule has 6 heteroatoms. The third-order valence-electron chi connectivity index (χ3n) is 4.01. The number of para-hydroxylation sites is 1. The van der Waals surface area contributed by atoms with Crippen molar-refractivity contribution in [3.05, 3.63) is 94.0 Å². The van der Waals surface area contributed by atoms with Gasteiger partial charge in [-0.1, -0.05) is 58.4 Å². The highest BCUT2D eigenvalue weighted by Gasteiger charge is 2.11. The van der Waals surface area contributed by atoms with E-state index in [2.05, 4.69) is 26.5 Å². The Morgan fingerprint density at radius 2 is 1.76 bits per heavy atom. The Hall–Kier alpha value is -3.12. The van der Waals surface area contributed by atoms with Crippen LogP contribution in [0.3, 0.4) is 0 Å². The van der Waals surface area contributed by atoms with Gasteiger partial charge in [0, 0.05) is 10.0 Å². The van der Waals surface area contributed by atoms with Gasteiger partial charge in [-0.05, 0) is 42.8 Å². The number of nitrogens with one attached hydrogen (secondary N) is 1. The van der Waals surface area contributed by atoms with E-state index in [1.165, 1.54) is 0 Å². The van der Waals surface area contributed by atoms with Gasteiger partial charge in [0.15, 0.2) is 0 Å². The molecule has 148 valence electrons. The molecular weight excluding hydrogens is 432 g/mol. The SMILES string of the molecule is CCOc1ccc(Br)cc1/C=N/NC(=O)c1ccccc1OCc1ccccc1. The fraction of sp³-hybridized carbons (Fsp3) is 0.130. The van der Waals surface area contributed by atoms with Gasteiger partial charge in [-0.15, -0.1) is 0 Å². The Morgan fingerprint density at radius 1 is 1.00 bits per heavy atom. The minimum Gasteiger partial charge on any atom is -0.493 e. The van der Waals surface area contributed by atoms with Crippen LogP contribution in [-0.4, -0.2) is 18.7 Å². The molecule has 1 N–H and O–H groups in total. The molecule has 1 amide bonds. The first-order valence-electron chi connectivity index (χ1n) is 9.19. The van der Waals surface area contributed by atoms with Crippen LogP contribution in [0.1, 0.15) is 28.4 Å². The van der Waals surface area contributed by atoms with Crippen LogP contribution in [0.4, 0.5) is 0 Å². The summed E-state index contributed by atoms with van der Waals surface area (Å²) in [6.07, 6.45) is 1.56. The van der Waals surface area contributed by atoms with Crippen molar-refractivity contribution >= 4 is 28.1 Å². The molecule has 3 rings (SSSR count). The number of hydrazone groups is 1. The van der Waals surface area contributed by atoms with Gasteiger partial charge in [0.1, 0.15) is 18.1 Å². The number of ether oxygens (including phenoxy) is 2.